The number of morpholine rings is 1. The van der Waals surface area contributed by atoms with E-state index in [9.17, 15) is 4.79 Å². The van der Waals surface area contributed by atoms with Crippen molar-refractivity contribution in [2.45, 2.75) is 41.2 Å². The molecule has 1 aliphatic heterocycles. The molecule has 1 saturated heterocycles. The topological polar surface area (TPSA) is 77.8 Å². The SMILES string of the molecule is CCOc1cc(N2CCOCC2)c(OCC)cc1NC(=O)/C=C/c1c(C)nn(Cc2ccc(C)cc2)c1C. The number of carbonyl (C=O) groups excluding carboxylic acids is 1. The van der Waals surface area contributed by atoms with Gasteiger partial charge >= 0.3 is 0 Å². The fourth-order valence-electron chi connectivity index (χ4n) is 4.55. The first-order chi connectivity index (χ1) is 18.4. The summed E-state index contributed by atoms with van der Waals surface area (Å²) in [6, 6.07) is 12.2. The second-order valence-corrected chi connectivity index (χ2v) is 9.33. The molecule has 0 saturated carbocycles. The van der Waals surface area contributed by atoms with Crippen LogP contribution in [0.4, 0.5) is 11.4 Å². The van der Waals surface area contributed by atoms with Crippen LogP contribution in [-0.2, 0) is 16.1 Å². The predicted molar refractivity (Wildman–Crippen MR) is 151 cm³/mol. The predicted octanol–water partition coefficient (Wildman–Crippen LogP) is 5.14. The summed E-state index contributed by atoms with van der Waals surface area (Å²) in [5.41, 5.74) is 6.76. The molecule has 0 aliphatic carbocycles. The van der Waals surface area contributed by atoms with Gasteiger partial charge in [-0.15, -0.1) is 0 Å². The summed E-state index contributed by atoms with van der Waals surface area (Å²) in [7, 11) is 0. The number of anilines is 2. The van der Waals surface area contributed by atoms with Crippen molar-refractivity contribution < 1.29 is 19.0 Å². The van der Waals surface area contributed by atoms with E-state index in [1.165, 1.54) is 11.1 Å². The highest BCUT2D eigenvalue weighted by Crippen LogP contribution is 2.39. The molecule has 0 spiro atoms. The van der Waals surface area contributed by atoms with E-state index >= 15 is 0 Å². The standard InChI is InChI=1S/C30H38N4O4/c1-6-37-28-19-27(33-14-16-36-17-15-33)29(38-7-2)18-26(28)31-30(35)13-12-25-22(4)32-34(23(25)5)20-24-10-8-21(3)9-11-24/h8-13,18-19H,6-7,14-17,20H2,1-5H3,(H,31,35)/b13-12+. The van der Waals surface area contributed by atoms with Crippen molar-refractivity contribution in [2.75, 3.05) is 49.7 Å². The maximum Gasteiger partial charge on any atom is 0.248 e. The molecule has 2 aromatic carbocycles. The Morgan fingerprint density at radius 2 is 1.71 bits per heavy atom. The van der Waals surface area contributed by atoms with Crippen molar-refractivity contribution in [1.29, 1.82) is 0 Å². The molecule has 3 aromatic rings. The maximum atomic E-state index is 13.0. The van der Waals surface area contributed by atoms with E-state index in [4.69, 9.17) is 19.3 Å². The van der Waals surface area contributed by atoms with Crippen LogP contribution < -0.4 is 19.7 Å². The molecule has 0 unspecified atom stereocenters. The Labute approximate surface area is 225 Å². The molecule has 1 aromatic heterocycles. The number of nitrogens with one attached hydrogen (secondary N) is 1. The van der Waals surface area contributed by atoms with Crippen LogP contribution in [0.5, 0.6) is 11.5 Å². The Morgan fingerprint density at radius 1 is 1.03 bits per heavy atom. The van der Waals surface area contributed by atoms with Gasteiger partial charge in [0.1, 0.15) is 11.5 Å². The van der Waals surface area contributed by atoms with Gasteiger partial charge in [-0.1, -0.05) is 29.8 Å². The summed E-state index contributed by atoms with van der Waals surface area (Å²) in [5, 5.41) is 7.68. The lowest BCUT2D eigenvalue weighted by atomic mass is 10.1. The van der Waals surface area contributed by atoms with Crippen LogP contribution in [0.2, 0.25) is 0 Å². The Morgan fingerprint density at radius 3 is 2.39 bits per heavy atom. The molecular formula is C30H38N4O4. The van der Waals surface area contributed by atoms with Gasteiger partial charge in [-0.05, 0) is 46.3 Å². The van der Waals surface area contributed by atoms with Crippen LogP contribution in [0.25, 0.3) is 6.08 Å². The quantitative estimate of drug-likeness (QED) is 0.375. The monoisotopic (exact) mass is 518 g/mol. The van der Waals surface area contributed by atoms with Gasteiger partial charge in [0, 0.05) is 42.6 Å². The summed E-state index contributed by atoms with van der Waals surface area (Å²) in [6.07, 6.45) is 3.36. The molecule has 38 heavy (non-hydrogen) atoms. The summed E-state index contributed by atoms with van der Waals surface area (Å²) in [4.78, 5) is 15.2. The van der Waals surface area contributed by atoms with Crippen molar-refractivity contribution in [2.24, 2.45) is 0 Å². The van der Waals surface area contributed by atoms with Gasteiger partial charge in [0.15, 0.2) is 0 Å². The molecule has 0 atom stereocenters. The first kappa shape index (κ1) is 27.3. The molecular weight excluding hydrogens is 480 g/mol. The molecule has 1 fully saturated rings. The number of hydrogen-bond donors (Lipinski definition) is 1. The second-order valence-electron chi connectivity index (χ2n) is 9.33. The summed E-state index contributed by atoms with van der Waals surface area (Å²) >= 11 is 0. The van der Waals surface area contributed by atoms with Gasteiger partial charge in [0.2, 0.25) is 5.91 Å². The zero-order chi connectivity index (χ0) is 27.1. The lowest BCUT2D eigenvalue weighted by Crippen LogP contribution is -2.36. The summed E-state index contributed by atoms with van der Waals surface area (Å²) in [5.74, 6) is 1.07. The third-order valence-electron chi connectivity index (χ3n) is 6.56. The van der Waals surface area contributed by atoms with E-state index in [-0.39, 0.29) is 5.91 Å². The number of nitrogens with zero attached hydrogens (tertiary/aromatic N) is 3. The number of carbonyl (C=O) groups is 1. The fourth-order valence-corrected chi connectivity index (χ4v) is 4.55. The minimum Gasteiger partial charge on any atom is -0.492 e. The van der Waals surface area contributed by atoms with E-state index in [1.807, 2.05) is 50.6 Å². The normalized spacial score (nSPS) is 13.7. The van der Waals surface area contributed by atoms with Crippen LogP contribution in [0, 0.1) is 20.8 Å². The highest BCUT2D eigenvalue weighted by Gasteiger charge is 2.20. The Hall–Kier alpha value is -3.78. The van der Waals surface area contributed by atoms with Crippen molar-refractivity contribution in [1.82, 2.24) is 9.78 Å². The Kier molecular flexibility index (Phi) is 9.07. The van der Waals surface area contributed by atoms with Crippen molar-refractivity contribution in [3.05, 3.63) is 70.6 Å². The number of aromatic nitrogens is 2. The highest BCUT2D eigenvalue weighted by atomic mass is 16.5. The molecule has 4 rings (SSSR count). The van der Waals surface area contributed by atoms with Crippen LogP contribution in [-0.4, -0.2) is 55.2 Å². The fraction of sp³-hybridized carbons (Fsp3) is 0.400. The molecule has 1 amide bonds. The number of hydrogen-bond acceptors (Lipinski definition) is 6. The van der Waals surface area contributed by atoms with Crippen LogP contribution >= 0.6 is 0 Å². The van der Waals surface area contributed by atoms with Crippen LogP contribution in [0.1, 0.15) is 41.9 Å². The minimum absolute atomic E-state index is 0.252. The Bertz CT molecular complexity index is 1270. The van der Waals surface area contributed by atoms with E-state index in [2.05, 4.69) is 41.4 Å². The number of ether oxygens (including phenoxy) is 3. The number of amides is 1. The molecule has 202 valence electrons. The van der Waals surface area contributed by atoms with Crippen LogP contribution in [0.3, 0.4) is 0 Å². The number of rotatable bonds is 10. The van der Waals surface area contributed by atoms with Crippen molar-refractivity contribution in [3.8, 4) is 11.5 Å². The highest BCUT2D eigenvalue weighted by molar-refractivity contribution is 6.03. The van der Waals surface area contributed by atoms with Crippen molar-refractivity contribution >= 4 is 23.4 Å². The number of aryl methyl sites for hydroxylation is 2. The third kappa shape index (κ3) is 6.55. The van der Waals surface area contributed by atoms with Gasteiger partial charge in [-0.2, -0.15) is 5.10 Å². The zero-order valence-corrected chi connectivity index (χ0v) is 23.0. The largest absolute Gasteiger partial charge is 0.492 e. The second kappa shape index (κ2) is 12.6. The maximum absolute atomic E-state index is 13.0. The van der Waals surface area contributed by atoms with Gasteiger partial charge < -0.3 is 24.4 Å². The lowest BCUT2D eigenvalue weighted by molar-refractivity contribution is -0.111. The van der Waals surface area contributed by atoms with E-state index < -0.39 is 0 Å². The molecule has 1 aliphatic rings. The zero-order valence-electron chi connectivity index (χ0n) is 23.0. The molecule has 0 bridgehead atoms. The molecule has 8 heteroatoms. The lowest BCUT2D eigenvalue weighted by Gasteiger charge is -2.31. The van der Waals surface area contributed by atoms with Crippen LogP contribution in [0.15, 0.2) is 42.5 Å². The van der Waals surface area contributed by atoms with Gasteiger partial charge in [0.05, 0.1) is 50.0 Å². The summed E-state index contributed by atoms with van der Waals surface area (Å²) < 4.78 is 19.3. The minimum atomic E-state index is -0.252. The van der Waals surface area contributed by atoms with Gasteiger partial charge in [0.25, 0.3) is 0 Å². The number of benzene rings is 2. The average molecular weight is 519 g/mol. The average Bonchev–Trinajstić information content (AvgIpc) is 3.18. The van der Waals surface area contributed by atoms with E-state index in [0.29, 0.717) is 50.2 Å². The van der Waals surface area contributed by atoms with E-state index in [1.54, 1.807) is 6.08 Å². The van der Waals surface area contributed by atoms with Gasteiger partial charge in [-0.25, -0.2) is 0 Å². The Balaban J connectivity index is 1.53. The van der Waals surface area contributed by atoms with Crippen molar-refractivity contribution in [3.63, 3.8) is 0 Å². The smallest absolute Gasteiger partial charge is 0.248 e. The first-order valence-corrected chi connectivity index (χ1v) is 13.2. The molecule has 2 heterocycles. The summed E-state index contributed by atoms with van der Waals surface area (Å²) in [6.45, 7) is 14.5. The van der Waals surface area contributed by atoms with E-state index in [0.717, 1.165) is 35.7 Å². The molecule has 1 N–H and O–H groups in total. The molecule has 8 nitrogen and oxygen atoms in total. The third-order valence-corrected chi connectivity index (χ3v) is 6.56. The van der Waals surface area contributed by atoms with Gasteiger partial charge in [-0.3, -0.25) is 9.48 Å². The molecule has 0 radical (unpaired) electrons. The first-order valence-electron chi connectivity index (χ1n) is 13.2.